The Morgan fingerprint density at radius 1 is 0.950 bits per heavy atom. The summed E-state index contributed by atoms with van der Waals surface area (Å²) < 4.78 is 27.8. The van der Waals surface area contributed by atoms with Crippen molar-refractivity contribution in [2.24, 2.45) is 0 Å². The lowest BCUT2D eigenvalue weighted by atomic mass is 10.2. The Balaban J connectivity index is 2.09. The van der Waals surface area contributed by atoms with Gasteiger partial charge in [-0.3, -0.25) is 4.98 Å². The average molecular weight is 335 g/mol. The van der Waals surface area contributed by atoms with Gasteiger partial charge in [-0.15, -0.1) is 0 Å². The van der Waals surface area contributed by atoms with Gasteiger partial charge in [-0.25, -0.2) is 8.78 Å². The monoisotopic (exact) mass is 334 g/mol. The molecule has 0 aliphatic rings. The number of aromatic nitrogens is 1. The highest BCUT2D eigenvalue weighted by Gasteiger charge is 2.07. The van der Waals surface area contributed by atoms with Gasteiger partial charge in [0.1, 0.15) is 11.6 Å². The normalized spacial score (nSPS) is 10.8. The van der Waals surface area contributed by atoms with Gasteiger partial charge in [0.2, 0.25) is 0 Å². The molecule has 2 aromatic carbocycles. The Labute approximate surface area is 122 Å². The van der Waals surface area contributed by atoms with Crippen LogP contribution in [0.1, 0.15) is 0 Å². The van der Waals surface area contributed by atoms with Gasteiger partial charge in [0.25, 0.3) is 0 Å². The third kappa shape index (κ3) is 2.49. The molecule has 1 heterocycles. The molecule has 0 atom stereocenters. The number of nitrogens with zero attached hydrogens (tertiary/aromatic N) is 1. The number of nitrogens with one attached hydrogen (secondary N) is 1. The van der Waals surface area contributed by atoms with E-state index in [9.17, 15) is 8.78 Å². The molecule has 1 N–H and O–H groups in total. The Bertz CT molecular complexity index is 790. The second-order valence-electron chi connectivity index (χ2n) is 4.27. The standard InChI is InChI=1S/C15H9BrF2N2/c16-9-1-3-11-13(5-6-19-14(11)7-9)20-15-8-10(17)2-4-12(15)18/h1-8H,(H,19,20). The summed E-state index contributed by atoms with van der Waals surface area (Å²) in [5.41, 5.74) is 1.54. The van der Waals surface area contributed by atoms with Crippen molar-refractivity contribution in [3.05, 3.63) is 64.8 Å². The number of anilines is 2. The topological polar surface area (TPSA) is 24.9 Å². The number of benzene rings is 2. The average Bonchev–Trinajstić information content (AvgIpc) is 2.43. The molecular formula is C15H9BrF2N2. The minimum atomic E-state index is -0.506. The van der Waals surface area contributed by atoms with Crippen molar-refractivity contribution in [2.75, 3.05) is 5.32 Å². The number of hydrogen-bond acceptors (Lipinski definition) is 2. The van der Waals surface area contributed by atoms with E-state index in [1.165, 1.54) is 0 Å². The Hall–Kier alpha value is -2.01. The van der Waals surface area contributed by atoms with Crippen molar-refractivity contribution in [3.63, 3.8) is 0 Å². The van der Waals surface area contributed by atoms with Gasteiger partial charge in [-0.1, -0.05) is 15.9 Å². The van der Waals surface area contributed by atoms with Crippen molar-refractivity contribution in [1.82, 2.24) is 4.98 Å². The molecule has 0 aliphatic carbocycles. The fraction of sp³-hybridized carbons (Fsp3) is 0. The van der Waals surface area contributed by atoms with Crippen LogP contribution in [0.5, 0.6) is 0 Å². The molecule has 0 unspecified atom stereocenters. The van der Waals surface area contributed by atoms with Crippen LogP contribution in [0.3, 0.4) is 0 Å². The third-order valence-corrected chi connectivity index (χ3v) is 3.40. The van der Waals surface area contributed by atoms with Gasteiger partial charge in [-0.05, 0) is 36.4 Å². The van der Waals surface area contributed by atoms with E-state index in [1.807, 2.05) is 18.2 Å². The molecule has 2 nitrogen and oxygen atoms in total. The minimum absolute atomic E-state index is 0.0976. The van der Waals surface area contributed by atoms with Crippen LogP contribution in [-0.4, -0.2) is 4.98 Å². The van der Waals surface area contributed by atoms with Crippen molar-refractivity contribution in [3.8, 4) is 0 Å². The maximum Gasteiger partial charge on any atom is 0.146 e. The summed E-state index contributed by atoms with van der Waals surface area (Å²) in [6.45, 7) is 0. The van der Waals surface area contributed by atoms with Gasteiger partial charge in [-0.2, -0.15) is 0 Å². The Morgan fingerprint density at radius 3 is 2.65 bits per heavy atom. The summed E-state index contributed by atoms with van der Waals surface area (Å²) in [5.74, 6) is -0.997. The summed E-state index contributed by atoms with van der Waals surface area (Å²) in [7, 11) is 0. The summed E-state index contributed by atoms with van der Waals surface area (Å²) >= 11 is 3.37. The van der Waals surface area contributed by atoms with E-state index in [1.54, 1.807) is 12.3 Å². The number of pyridine rings is 1. The summed E-state index contributed by atoms with van der Waals surface area (Å²) in [6.07, 6.45) is 1.62. The van der Waals surface area contributed by atoms with Crippen LogP contribution in [0.25, 0.3) is 10.9 Å². The quantitative estimate of drug-likeness (QED) is 0.711. The van der Waals surface area contributed by atoms with E-state index in [4.69, 9.17) is 0 Å². The first-order valence-corrected chi connectivity index (χ1v) is 6.69. The van der Waals surface area contributed by atoms with Crippen LogP contribution < -0.4 is 5.32 Å². The fourth-order valence-electron chi connectivity index (χ4n) is 1.97. The largest absolute Gasteiger partial charge is 0.352 e. The molecule has 5 heteroatoms. The SMILES string of the molecule is Fc1ccc(F)c(Nc2ccnc3cc(Br)ccc23)c1. The summed E-state index contributed by atoms with van der Waals surface area (Å²) in [6, 6.07) is 10.6. The molecule has 3 rings (SSSR count). The van der Waals surface area contributed by atoms with E-state index >= 15 is 0 Å². The molecule has 0 amide bonds. The number of hydrogen-bond donors (Lipinski definition) is 1. The molecule has 0 saturated carbocycles. The fourth-order valence-corrected chi connectivity index (χ4v) is 2.32. The third-order valence-electron chi connectivity index (χ3n) is 2.90. The van der Waals surface area contributed by atoms with E-state index in [0.29, 0.717) is 5.69 Å². The lowest BCUT2D eigenvalue weighted by molar-refractivity contribution is 0.603. The van der Waals surface area contributed by atoms with Crippen molar-refractivity contribution >= 4 is 38.2 Å². The second kappa shape index (κ2) is 5.17. The van der Waals surface area contributed by atoms with Gasteiger partial charge < -0.3 is 5.32 Å². The number of fused-ring (bicyclic) bond motifs is 1. The maximum absolute atomic E-state index is 13.7. The number of rotatable bonds is 2. The number of halogens is 3. The first kappa shape index (κ1) is 13.0. The first-order chi connectivity index (χ1) is 9.63. The van der Waals surface area contributed by atoms with Crippen molar-refractivity contribution in [1.29, 1.82) is 0 Å². The lowest BCUT2D eigenvalue weighted by Crippen LogP contribution is -1.96. The van der Waals surface area contributed by atoms with E-state index in [0.717, 1.165) is 33.6 Å². The Kier molecular flexibility index (Phi) is 3.36. The highest BCUT2D eigenvalue weighted by Crippen LogP contribution is 2.28. The molecule has 0 bridgehead atoms. The van der Waals surface area contributed by atoms with Crippen LogP contribution in [-0.2, 0) is 0 Å². The molecule has 3 aromatic rings. The van der Waals surface area contributed by atoms with Crippen LogP contribution in [0.4, 0.5) is 20.2 Å². The molecular weight excluding hydrogens is 326 g/mol. The molecule has 0 spiro atoms. The van der Waals surface area contributed by atoms with E-state index in [-0.39, 0.29) is 5.69 Å². The predicted molar refractivity (Wildman–Crippen MR) is 79.1 cm³/mol. The predicted octanol–water partition coefficient (Wildman–Crippen LogP) is 5.02. The zero-order chi connectivity index (χ0) is 14.1. The summed E-state index contributed by atoms with van der Waals surface area (Å²) in [4.78, 5) is 4.25. The highest BCUT2D eigenvalue weighted by atomic mass is 79.9. The van der Waals surface area contributed by atoms with Gasteiger partial charge in [0.05, 0.1) is 11.2 Å². The van der Waals surface area contributed by atoms with Crippen LogP contribution in [0, 0.1) is 11.6 Å². The van der Waals surface area contributed by atoms with Gasteiger partial charge in [0, 0.05) is 27.8 Å². The molecule has 0 fully saturated rings. The van der Waals surface area contributed by atoms with Gasteiger partial charge >= 0.3 is 0 Å². The van der Waals surface area contributed by atoms with E-state index < -0.39 is 11.6 Å². The van der Waals surface area contributed by atoms with Gasteiger partial charge in [0.15, 0.2) is 0 Å². The zero-order valence-electron chi connectivity index (χ0n) is 10.2. The molecule has 1 aromatic heterocycles. The lowest BCUT2D eigenvalue weighted by Gasteiger charge is -2.10. The van der Waals surface area contributed by atoms with Crippen LogP contribution in [0.15, 0.2) is 53.1 Å². The zero-order valence-corrected chi connectivity index (χ0v) is 11.8. The molecule has 100 valence electrons. The van der Waals surface area contributed by atoms with Crippen molar-refractivity contribution in [2.45, 2.75) is 0 Å². The first-order valence-electron chi connectivity index (χ1n) is 5.90. The highest BCUT2D eigenvalue weighted by molar-refractivity contribution is 9.10. The molecule has 20 heavy (non-hydrogen) atoms. The smallest absolute Gasteiger partial charge is 0.146 e. The van der Waals surface area contributed by atoms with Crippen LogP contribution in [0.2, 0.25) is 0 Å². The molecule has 0 radical (unpaired) electrons. The maximum atomic E-state index is 13.7. The molecule has 0 aliphatic heterocycles. The summed E-state index contributed by atoms with van der Waals surface area (Å²) in [5, 5.41) is 3.74. The minimum Gasteiger partial charge on any atom is -0.352 e. The second-order valence-corrected chi connectivity index (χ2v) is 5.18. The molecule has 0 saturated heterocycles. The van der Waals surface area contributed by atoms with Crippen molar-refractivity contribution < 1.29 is 8.78 Å². The van der Waals surface area contributed by atoms with Crippen LogP contribution >= 0.6 is 15.9 Å². The Morgan fingerprint density at radius 2 is 1.80 bits per heavy atom. The van der Waals surface area contributed by atoms with E-state index in [2.05, 4.69) is 26.2 Å².